The highest BCUT2D eigenvalue weighted by molar-refractivity contribution is 5.85. The average Bonchev–Trinajstić information content (AvgIpc) is 2.12. The van der Waals surface area contributed by atoms with Crippen molar-refractivity contribution in [1.29, 1.82) is 0 Å². The van der Waals surface area contributed by atoms with Crippen molar-refractivity contribution >= 4 is 5.91 Å². The quantitative estimate of drug-likeness (QED) is 0.596. The smallest absolute Gasteiger partial charge is 0.239 e. The molecule has 4 heteroatoms. The second kappa shape index (κ2) is 6.79. The Morgan fingerprint density at radius 1 is 1.57 bits per heavy atom. The molecule has 0 aromatic carbocycles. The van der Waals surface area contributed by atoms with Gasteiger partial charge in [-0.25, -0.2) is 0 Å². The van der Waals surface area contributed by atoms with Gasteiger partial charge in [-0.1, -0.05) is 13.3 Å². The minimum Gasteiger partial charge on any atom is -0.385 e. The minimum atomic E-state index is -0.734. The Hall–Kier alpha value is -0.610. The van der Waals surface area contributed by atoms with Crippen LogP contribution >= 0.6 is 0 Å². The Kier molecular flexibility index (Phi) is 6.49. The predicted octanol–water partition coefficient (Wildman–Crippen LogP) is 0.657. The Morgan fingerprint density at radius 3 is 2.71 bits per heavy atom. The molecule has 0 spiro atoms. The zero-order chi connectivity index (χ0) is 11.0. The molecule has 0 saturated carbocycles. The van der Waals surface area contributed by atoms with Gasteiger partial charge in [-0.05, 0) is 19.8 Å². The van der Waals surface area contributed by atoms with Crippen LogP contribution in [0.3, 0.4) is 0 Å². The molecule has 0 aromatic heterocycles. The van der Waals surface area contributed by atoms with E-state index in [4.69, 9.17) is 10.5 Å². The molecule has 84 valence electrons. The number of methoxy groups -OCH3 is 1. The van der Waals surface area contributed by atoms with Gasteiger partial charge in [-0.2, -0.15) is 0 Å². The summed E-state index contributed by atoms with van der Waals surface area (Å²) >= 11 is 0. The molecular formula is C10H22N2O2. The van der Waals surface area contributed by atoms with Gasteiger partial charge in [0.25, 0.3) is 0 Å². The molecule has 0 aromatic rings. The normalized spacial score (nSPS) is 14.9. The SMILES string of the molecule is CCCC(C)(N)C(=O)NCCCOC. The number of carbonyl (C=O) groups is 1. The Morgan fingerprint density at radius 2 is 2.21 bits per heavy atom. The van der Waals surface area contributed by atoms with Crippen LogP contribution in [0.15, 0.2) is 0 Å². The second-order valence-electron chi connectivity index (χ2n) is 3.77. The fraction of sp³-hybridized carbons (Fsp3) is 0.900. The third kappa shape index (κ3) is 5.19. The summed E-state index contributed by atoms with van der Waals surface area (Å²) in [4.78, 5) is 11.5. The summed E-state index contributed by atoms with van der Waals surface area (Å²) in [6.07, 6.45) is 2.45. The molecule has 3 N–H and O–H groups in total. The highest BCUT2D eigenvalue weighted by Crippen LogP contribution is 2.07. The van der Waals surface area contributed by atoms with Gasteiger partial charge in [-0.3, -0.25) is 4.79 Å². The highest BCUT2D eigenvalue weighted by Gasteiger charge is 2.26. The van der Waals surface area contributed by atoms with Crippen LogP contribution in [0, 0.1) is 0 Å². The molecule has 0 heterocycles. The number of amides is 1. The summed E-state index contributed by atoms with van der Waals surface area (Å²) in [6, 6.07) is 0. The second-order valence-corrected chi connectivity index (χ2v) is 3.77. The molecule has 0 aliphatic carbocycles. The van der Waals surface area contributed by atoms with E-state index in [0.717, 1.165) is 12.8 Å². The Balaban J connectivity index is 3.71. The molecule has 0 fully saturated rings. The molecule has 0 aliphatic rings. The molecule has 0 rings (SSSR count). The fourth-order valence-electron chi connectivity index (χ4n) is 1.25. The van der Waals surface area contributed by atoms with Crippen molar-refractivity contribution in [2.45, 2.75) is 38.6 Å². The van der Waals surface area contributed by atoms with E-state index in [-0.39, 0.29) is 5.91 Å². The van der Waals surface area contributed by atoms with Gasteiger partial charge in [0.2, 0.25) is 5.91 Å². The van der Waals surface area contributed by atoms with Crippen LogP contribution in [0.2, 0.25) is 0 Å². The third-order valence-electron chi connectivity index (χ3n) is 2.10. The molecule has 0 radical (unpaired) electrons. The van der Waals surface area contributed by atoms with E-state index in [2.05, 4.69) is 5.32 Å². The monoisotopic (exact) mass is 202 g/mol. The summed E-state index contributed by atoms with van der Waals surface area (Å²) in [5.74, 6) is -0.0737. The molecular weight excluding hydrogens is 180 g/mol. The van der Waals surface area contributed by atoms with Gasteiger partial charge in [0.1, 0.15) is 0 Å². The van der Waals surface area contributed by atoms with Crippen LogP contribution in [-0.2, 0) is 9.53 Å². The van der Waals surface area contributed by atoms with Crippen molar-refractivity contribution in [3.05, 3.63) is 0 Å². The van der Waals surface area contributed by atoms with E-state index in [1.807, 2.05) is 6.92 Å². The maximum absolute atomic E-state index is 11.5. The minimum absolute atomic E-state index is 0.0737. The van der Waals surface area contributed by atoms with E-state index in [1.54, 1.807) is 14.0 Å². The van der Waals surface area contributed by atoms with Crippen LogP contribution < -0.4 is 11.1 Å². The van der Waals surface area contributed by atoms with E-state index in [9.17, 15) is 4.79 Å². The predicted molar refractivity (Wildman–Crippen MR) is 57.0 cm³/mol. The molecule has 0 saturated heterocycles. The summed E-state index contributed by atoms with van der Waals surface area (Å²) in [5, 5.41) is 2.80. The standard InChI is InChI=1S/C10H22N2O2/c1-4-6-10(2,11)9(13)12-7-5-8-14-3/h4-8,11H2,1-3H3,(H,12,13). The van der Waals surface area contributed by atoms with E-state index < -0.39 is 5.54 Å². The van der Waals surface area contributed by atoms with Crippen LogP contribution in [-0.4, -0.2) is 31.7 Å². The van der Waals surface area contributed by atoms with Gasteiger partial charge in [0, 0.05) is 20.3 Å². The number of carbonyl (C=O) groups excluding carboxylic acids is 1. The first-order valence-corrected chi connectivity index (χ1v) is 5.10. The number of rotatable bonds is 7. The first-order chi connectivity index (χ1) is 6.54. The summed E-state index contributed by atoms with van der Waals surface area (Å²) in [5.41, 5.74) is 5.11. The van der Waals surface area contributed by atoms with E-state index in [1.165, 1.54) is 0 Å². The topological polar surface area (TPSA) is 64.4 Å². The number of hydrogen-bond acceptors (Lipinski definition) is 3. The third-order valence-corrected chi connectivity index (χ3v) is 2.10. The lowest BCUT2D eigenvalue weighted by Gasteiger charge is -2.22. The molecule has 14 heavy (non-hydrogen) atoms. The zero-order valence-electron chi connectivity index (χ0n) is 9.43. The van der Waals surface area contributed by atoms with Crippen molar-refractivity contribution in [2.75, 3.05) is 20.3 Å². The maximum atomic E-state index is 11.5. The molecule has 1 atom stereocenters. The Bertz CT molecular complexity index is 170. The zero-order valence-corrected chi connectivity index (χ0v) is 9.43. The van der Waals surface area contributed by atoms with Gasteiger partial charge in [0.05, 0.1) is 5.54 Å². The fourth-order valence-corrected chi connectivity index (χ4v) is 1.25. The van der Waals surface area contributed by atoms with E-state index in [0.29, 0.717) is 19.6 Å². The van der Waals surface area contributed by atoms with Gasteiger partial charge >= 0.3 is 0 Å². The largest absolute Gasteiger partial charge is 0.385 e. The summed E-state index contributed by atoms with van der Waals surface area (Å²) < 4.78 is 4.87. The van der Waals surface area contributed by atoms with Crippen LogP contribution in [0.1, 0.15) is 33.1 Å². The summed E-state index contributed by atoms with van der Waals surface area (Å²) in [7, 11) is 1.64. The maximum Gasteiger partial charge on any atom is 0.239 e. The first kappa shape index (κ1) is 13.4. The lowest BCUT2D eigenvalue weighted by atomic mass is 9.96. The molecule has 1 unspecified atom stereocenters. The van der Waals surface area contributed by atoms with Crippen LogP contribution in [0.4, 0.5) is 0 Å². The van der Waals surface area contributed by atoms with Crippen molar-refractivity contribution in [3.8, 4) is 0 Å². The molecule has 0 bridgehead atoms. The van der Waals surface area contributed by atoms with E-state index >= 15 is 0 Å². The van der Waals surface area contributed by atoms with Crippen molar-refractivity contribution < 1.29 is 9.53 Å². The number of hydrogen-bond donors (Lipinski definition) is 2. The van der Waals surface area contributed by atoms with Crippen molar-refractivity contribution in [3.63, 3.8) is 0 Å². The van der Waals surface area contributed by atoms with Gasteiger partial charge in [0.15, 0.2) is 0 Å². The number of nitrogens with two attached hydrogens (primary N) is 1. The molecule has 0 aliphatic heterocycles. The van der Waals surface area contributed by atoms with Gasteiger partial charge < -0.3 is 15.8 Å². The number of ether oxygens (including phenoxy) is 1. The first-order valence-electron chi connectivity index (χ1n) is 5.10. The van der Waals surface area contributed by atoms with Crippen LogP contribution in [0.25, 0.3) is 0 Å². The van der Waals surface area contributed by atoms with Crippen molar-refractivity contribution in [1.82, 2.24) is 5.32 Å². The highest BCUT2D eigenvalue weighted by atomic mass is 16.5. The average molecular weight is 202 g/mol. The molecule has 1 amide bonds. The number of nitrogens with one attached hydrogen (secondary N) is 1. The van der Waals surface area contributed by atoms with Crippen molar-refractivity contribution in [2.24, 2.45) is 5.73 Å². The van der Waals surface area contributed by atoms with Crippen LogP contribution in [0.5, 0.6) is 0 Å². The lowest BCUT2D eigenvalue weighted by Crippen LogP contribution is -2.51. The lowest BCUT2D eigenvalue weighted by molar-refractivity contribution is -0.126. The summed E-state index contributed by atoms with van der Waals surface area (Å²) in [6.45, 7) is 5.07. The van der Waals surface area contributed by atoms with Gasteiger partial charge in [-0.15, -0.1) is 0 Å². The Labute approximate surface area is 86.2 Å². The molecule has 4 nitrogen and oxygen atoms in total.